The molecule has 3 rings (SSSR count). The molecule has 1 heterocycles. The van der Waals surface area contributed by atoms with Crippen LogP contribution in [0.15, 0.2) is 60.8 Å². The van der Waals surface area contributed by atoms with Crippen molar-refractivity contribution in [3.63, 3.8) is 0 Å². The zero-order chi connectivity index (χ0) is 20.1. The number of carbonyl (C=O) groups excluding carboxylic acids is 1. The van der Waals surface area contributed by atoms with E-state index in [-0.39, 0.29) is 17.8 Å². The van der Waals surface area contributed by atoms with E-state index < -0.39 is 17.5 Å². The molecule has 144 valence electrons. The molecule has 1 aromatic heterocycles. The number of ether oxygens (including phenoxy) is 2. The van der Waals surface area contributed by atoms with Gasteiger partial charge in [0.2, 0.25) is 0 Å². The van der Waals surface area contributed by atoms with Gasteiger partial charge in [0.25, 0.3) is 5.91 Å². The third kappa shape index (κ3) is 4.09. The zero-order valence-corrected chi connectivity index (χ0v) is 15.4. The predicted molar refractivity (Wildman–Crippen MR) is 101 cm³/mol. The quantitative estimate of drug-likeness (QED) is 0.638. The third-order valence-electron chi connectivity index (χ3n) is 4.13. The van der Waals surface area contributed by atoms with Crippen molar-refractivity contribution < 1.29 is 23.0 Å². The van der Waals surface area contributed by atoms with E-state index in [4.69, 9.17) is 9.47 Å². The Morgan fingerprint density at radius 2 is 1.86 bits per heavy atom. The first kappa shape index (κ1) is 19.3. The van der Waals surface area contributed by atoms with Crippen molar-refractivity contribution >= 4 is 11.6 Å². The number of hydrogen-bond donors (Lipinski definition) is 0. The summed E-state index contributed by atoms with van der Waals surface area (Å²) >= 11 is 0. The minimum absolute atomic E-state index is 0.0113. The van der Waals surface area contributed by atoms with Gasteiger partial charge in [-0.1, -0.05) is 6.07 Å². The number of carbonyl (C=O) groups is 1. The molecule has 5 nitrogen and oxygen atoms in total. The van der Waals surface area contributed by atoms with Gasteiger partial charge < -0.3 is 9.47 Å². The number of aromatic nitrogens is 1. The van der Waals surface area contributed by atoms with Gasteiger partial charge in [0, 0.05) is 12.3 Å². The summed E-state index contributed by atoms with van der Waals surface area (Å²) < 4.78 is 38.3. The average molecular weight is 384 g/mol. The van der Waals surface area contributed by atoms with Crippen LogP contribution in [0.25, 0.3) is 0 Å². The molecule has 1 amide bonds. The molecule has 28 heavy (non-hydrogen) atoms. The van der Waals surface area contributed by atoms with E-state index in [1.54, 1.807) is 36.5 Å². The first-order valence-corrected chi connectivity index (χ1v) is 8.42. The van der Waals surface area contributed by atoms with Gasteiger partial charge >= 0.3 is 0 Å². The molecular formula is C21H18F2N2O3. The third-order valence-corrected chi connectivity index (χ3v) is 4.13. The molecule has 0 bridgehead atoms. The van der Waals surface area contributed by atoms with Gasteiger partial charge in [0.15, 0.2) is 0 Å². The zero-order valence-electron chi connectivity index (χ0n) is 15.4. The number of nitrogens with zero attached hydrogens (tertiary/aromatic N) is 2. The Balaban J connectivity index is 2.09. The van der Waals surface area contributed by atoms with Crippen molar-refractivity contribution in [3.05, 3.63) is 83.7 Å². The molecule has 0 atom stereocenters. The lowest BCUT2D eigenvalue weighted by atomic mass is 10.1. The van der Waals surface area contributed by atoms with E-state index in [1.807, 2.05) is 0 Å². The van der Waals surface area contributed by atoms with Crippen LogP contribution >= 0.6 is 0 Å². The van der Waals surface area contributed by atoms with Crippen molar-refractivity contribution in [3.8, 4) is 11.5 Å². The second kappa shape index (κ2) is 8.47. The summed E-state index contributed by atoms with van der Waals surface area (Å²) in [6.45, 7) is -0.0113. The van der Waals surface area contributed by atoms with Crippen LogP contribution in [0.2, 0.25) is 0 Å². The minimum atomic E-state index is -0.855. The maximum atomic E-state index is 14.5. The molecule has 0 aliphatic heterocycles. The monoisotopic (exact) mass is 384 g/mol. The molecule has 7 heteroatoms. The first-order chi connectivity index (χ1) is 13.5. The Hall–Kier alpha value is -3.48. The van der Waals surface area contributed by atoms with Crippen molar-refractivity contribution in [1.82, 2.24) is 4.98 Å². The average Bonchev–Trinajstić information content (AvgIpc) is 2.72. The van der Waals surface area contributed by atoms with Crippen LogP contribution in [0.3, 0.4) is 0 Å². The molecule has 3 aromatic rings. The Morgan fingerprint density at radius 1 is 1.04 bits per heavy atom. The fraction of sp³-hybridized carbons (Fsp3) is 0.143. The van der Waals surface area contributed by atoms with Crippen LogP contribution in [0.1, 0.15) is 16.1 Å². The van der Waals surface area contributed by atoms with Crippen LogP contribution in [0.4, 0.5) is 14.5 Å². The van der Waals surface area contributed by atoms with E-state index in [0.29, 0.717) is 17.2 Å². The standard InChI is InChI=1S/C21H18F2N2O3/c1-27-16-7-9-20(28-2)17(12-16)21(26)25(13-15-5-3-4-10-24-15)19-8-6-14(22)11-18(19)23/h3-12H,13H2,1-2H3. The first-order valence-electron chi connectivity index (χ1n) is 8.42. The topological polar surface area (TPSA) is 51.7 Å². The van der Waals surface area contributed by atoms with Gasteiger partial charge in [0.1, 0.15) is 23.1 Å². The highest BCUT2D eigenvalue weighted by atomic mass is 19.1. The molecule has 0 spiro atoms. The highest BCUT2D eigenvalue weighted by Gasteiger charge is 2.25. The highest BCUT2D eigenvalue weighted by molar-refractivity contribution is 6.08. The fourth-order valence-electron chi connectivity index (χ4n) is 2.75. The Labute approximate surface area is 161 Å². The van der Waals surface area contributed by atoms with E-state index in [1.165, 1.54) is 31.3 Å². The van der Waals surface area contributed by atoms with Crippen LogP contribution in [-0.2, 0) is 6.54 Å². The largest absolute Gasteiger partial charge is 0.497 e. The second-order valence-electron chi connectivity index (χ2n) is 5.87. The number of anilines is 1. The lowest BCUT2D eigenvalue weighted by molar-refractivity contribution is 0.0980. The number of methoxy groups -OCH3 is 2. The van der Waals surface area contributed by atoms with Crippen molar-refractivity contribution in [2.45, 2.75) is 6.54 Å². The lowest BCUT2D eigenvalue weighted by Crippen LogP contribution is -2.32. The van der Waals surface area contributed by atoms with Crippen molar-refractivity contribution in [2.75, 3.05) is 19.1 Å². The molecule has 0 unspecified atom stereocenters. The highest BCUT2D eigenvalue weighted by Crippen LogP contribution is 2.29. The van der Waals surface area contributed by atoms with E-state index in [2.05, 4.69) is 4.98 Å². The number of halogens is 2. The van der Waals surface area contributed by atoms with Crippen LogP contribution < -0.4 is 14.4 Å². The molecule has 0 aliphatic rings. The summed E-state index contributed by atoms with van der Waals surface area (Å²) in [6.07, 6.45) is 1.57. The van der Waals surface area contributed by atoms with Gasteiger partial charge in [0.05, 0.1) is 37.7 Å². The molecule has 0 aliphatic carbocycles. The van der Waals surface area contributed by atoms with Gasteiger partial charge in [-0.05, 0) is 42.5 Å². The predicted octanol–water partition coefficient (Wildman–Crippen LogP) is 4.22. The summed E-state index contributed by atoms with van der Waals surface area (Å²) in [6, 6.07) is 13.0. The van der Waals surface area contributed by atoms with Crippen LogP contribution in [0, 0.1) is 11.6 Å². The number of amides is 1. The second-order valence-corrected chi connectivity index (χ2v) is 5.87. The summed E-state index contributed by atoms with van der Waals surface area (Å²) in [7, 11) is 2.90. The smallest absolute Gasteiger partial charge is 0.262 e. The van der Waals surface area contributed by atoms with E-state index in [9.17, 15) is 13.6 Å². The van der Waals surface area contributed by atoms with Crippen molar-refractivity contribution in [1.29, 1.82) is 0 Å². The Morgan fingerprint density at radius 3 is 2.50 bits per heavy atom. The maximum Gasteiger partial charge on any atom is 0.262 e. The summed E-state index contributed by atoms with van der Waals surface area (Å²) in [5, 5.41) is 0. The molecule has 0 N–H and O–H groups in total. The number of rotatable bonds is 6. The normalized spacial score (nSPS) is 10.4. The lowest BCUT2D eigenvalue weighted by Gasteiger charge is -2.24. The fourth-order valence-corrected chi connectivity index (χ4v) is 2.75. The minimum Gasteiger partial charge on any atom is -0.497 e. The number of pyridine rings is 1. The molecule has 0 radical (unpaired) electrons. The van der Waals surface area contributed by atoms with Crippen molar-refractivity contribution in [2.24, 2.45) is 0 Å². The van der Waals surface area contributed by atoms with Crippen LogP contribution in [0.5, 0.6) is 11.5 Å². The van der Waals surface area contributed by atoms with Gasteiger partial charge in [-0.2, -0.15) is 0 Å². The van der Waals surface area contributed by atoms with Gasteiger partial charge in [-0.25, -0.2) is 8.78 Å². The summed E-state index contributed by atoms with van der Waals surface area (Å²) in [5.74, 6) is -1.37. The molecular weight excluding hydrogens is 366 g/mol. The number of hydrogen-bond acceptors (Lipinski definition) is 4. The molecule has 0 saturated heterocycles. The summed E-state index contributed by atoms with van der Waals surface area (Å²) in [5.41, 5.74) is 0.657. The van der Waals surface area contributed by atoms with Gasteiger partial charge in [-0.3, -0.25) is 14.7 Å². The van der Waals surface area contributed by atoms with Crippen LogP contribution in [-0.4, -0.2) is 25.1 Å². The number of benzene rings is 2. The maximum absolute atomic E-state index is 14.5. The summed E-state index contributed by atoms with van der Waals surface area (Å²) in [4.78, 5) is 18.7. The SMILES string of the molecule is COc1ccc(OC)c(C(=O)N(Cc2ccccn2)c2ccc(F)cc2F)c1. The van der Waals surface area contributed by atoms with E-state index >= 15 is 0 Å². The Kier molecular flexibility index (Phi) is 5.84. The molecule has 0 saturated carbocycles. The molecule has 0 fully saturated rings. The van der Waals surface area contributed by atoms with Gasteiger partial charge in [-0.15, -0.1) is 0 Å². The Bertz CT molecular complexity index is 981. The molecule has 2 aromatic carbocycles. The van der Waals surface area contributed by atoms with E-state index in [0.717, 1.165) is 12.1 Å².